The number of nitrogens with zero attached hydrogens (tertiary/aromatic N) is 2. The Morgan fingerprint density at radius 1 is 1.22 bits per heavy atom. The number of hydrogen-bond donors (Lipinski definition) is 1. The van der Waals surface area contributed by atoms with E-state index in [0.717, 1.165) is 17.2 Å². The van der Waals surface area contributed by atoms with Crippen molar-refractivity contribution in [1.82, 2.24) is 5.32 Å². The average molecular weight is 313 g/mol. The number of carbonyl (C=O) groups is 2. The summed E-state index contributed by atoms with van der Waals surface area (Å²) in [4.78, 5) is 27.6. The lowest BCUT2D eigenvalue weighted by Gasteiger charge is -2.32. The van der Waals surface area contributed by atoms with E-state index in [9.17, 15) is 9.59 Å². The summed E-state index contributed by atoms with van der Waals surface area (Å²) in [7, 11) is 1.96. The van der Waals surface area contributed by atoms with Crippen LogP contribution in [0.3, 0.4) is 0 Å². The van der Waals surface area contributed by atoms with Gasteiger partial charge in [-0.1, -0.05) is 33.4 Å². The molecular weight excluding hydrogens is 290 g/mol. The lowest BCUT2D eigenvalue weighted by Crippen LogP contribution is -2.52. The molecule has 1 unspecified atom stereocenters. The van der Waals surface area contributed by atoms with Crippen molar-refractivity contribution in [3.8, 4) is 0 Å². The molecule has 0 aromatic heterocycles. The SMILES string of the molecule is C=C1N(C)c2cc(C(C)(C)C)ccc2N1C1CCC(=O)NC1=O. The van der Waals surface area contributed by atoms with Gasteiger partial charge in [-0.15, -0.1) is 0 Å². The molecule has 122 valence electrons. The Bertz CT molecular complexity index is 703. The second kappa shape index (κ2) is 5.11. The molecular formula is C18H23N3O2. The summed E-state index contributed by atoms with van der Waals surface area (Å²) in [5.74, 6) is 0.317. The van der Waals surface area contributed by atoms with Gasteiger partial charge in [0.15, 0.2) is 0 Å². The van der Waals surface area contributed by atoms with Crippen molar-refractivity contribution < 1.29 is 9.59 Å². The topological polar surface area (TPSA) is 52.6 Å². The first-order valence-corrected chi connectivity index (χ1v) is 7.90. The smallest absolute Gasteiger partial charge is 0.249 e. The van der Waals surface area contributed by atoms with Crippen LogP contribution in [0.2, 0.25) is 0 Å². The number of hydrogen-bond acceptors (Lipinski definition) is 4. The van der Waals surface area contributed by atoms with E-state index in [4.69, 9.17) is 0 Å². The molecule has 0 spiro atoms. The molecule has 1 saturated heterocycles. The molecule has 0 radical (unpaired) electrons. The molecule has 1 atom stereocenters. The Morgan fingerprint density at radius 3 is 2.52 bits per heavy atom. The van der Waals surface area contributed by atoms with Crippen LogP contribution in [0.1, 0.15) is 39.2 Å². The number of carbonyl (C=O) groups excluding carboxylic acids is 2. The molecule has 0 saturated carbocycles. The molecule has 23 heavy (non-hydrogen) atoms. The fourth-order valence-electron chi connectivity index (χ4n) is 3.18. The highest BCUT2D eigenvalue weighted by atomic mass is 16.2. The molecule has 5 heteroatoms. The molecule has 1 aromatic carbocycles. The molecule has 0 aliphatic carbocycles. The summed E-state index contributed by atoms with van der Waals surface area (Å²) in [6.07, 6.45) is 0.872. The van der Waals surface area contributed by atoms with E-state index < -0.39 is 0 Å². The first kappa shape index (κ1) is 15.6. The van der Waals surface area contributed by atoms with E-state index in [0.29, 0.717) is 12.8 Å². The highest BCUT2D eigenvalue weighted by Crippen LogP contribution is 2.44. The number of imide groups is 1. The molecule has 2 heterocycles. The summed E-state index contributed by atoms with van der Waals surface area (Å²) in [5, 5.41) is 2.43. The largest absolute Gasteiger partial charge is 0.330 e. The van der Waals surface area contributed by atoms with Crippen LogP contribution in [0.4, 0.5) is 11.4 Å². The van der Waals surface area contributed by atoms with Crippen LogP contribution in [-0.2, 0) is 15.0 Å². The Hall–Kier alpha value is -2.30. The number of piperidine rings is 1. The number of nitrogens with one attached hydrogen (secondary N) is 1. The standard InChI is InChI=1S/C18H23N3O2/c1-11-20(5)15-10-12(18(2,3)4)6-7-13(15)21(11)14-8-9-16(22)19-17(14)23/h6-7,10,14H,1,8-9H2,2-5H3,(H,19,22,23). The Labute approximate surface area is 137 Å². The van der Waals surface area contributed by atoms with Gasteiger partial charge in [0, 0.05) is 13.5 Å². The third-order valence-corrected chi connectivity index (χ3v) is 4.65. The number of benzene rings is 1. The van der Waals surface area contributed by atoms with Gasteiger partial charge in [0.25, 0.3) is 0 Å². The molecule has 2 aliphatic rings. The van der Waals surface area contributed by atoms with Crippen molar-refractivity contribution in [3.63, 3.8) is 0 Å². The molecule has 2 amide bonds. The van der Waals surface area contributed by atoms with Crippen molar-refractivity contribution in [3.05, 3.63) is 36.2 Å². The Morgan fingerprint density at radius 2 is 1.91 bits per heavy atom. The van der Waals surface area contributed by atoms with Gasteiger partial charge < -0.3 is 9.80 Å². The average Bonchev–Trinajstić information content (AvgIpc) is 2.71. The number of anilines is 2. The third-order valence-electron chi connectivity index (χ3n) is 4.65. The fourth-order valence-corrected chi connectivity index (χ4v) is 3.18. The lowest BCUT2D eigenvalue weighted by molar-refractivity contribution is -0.134. The van der Waals surface area contributed by atoms with Crippen molar-refractivity contribution in [2.75, 3.05) is 16.8 Å². The van der Waals surface area contributed by atoms with Crippen LogP contribution in [0.5, 0.6) is 0 Å². The Balaban J connectivity index is 2.01. The number of fused-ring (bicyclic) bond motifs is 1. The second-order valence-corrected chi connectivity index (χ2v) is 7.27. The highest BCUT2D eigenvalue weighted by molar-refractivity contribution is 6.03. The number of amides is 2. The van der Waals surface area contributed by atoms with Gasteiger partial charge >= 0.3 is 0 Å². The van der Waals surface area contributed by atoms with Gasteiger partial charge in [-0.3, -0.25) is 14.9 Å². The summed E-state index contributed by atoms with van der Waals surface area (Å²) >= 11 is 0. The van der Waals surface area contributed by atoms with Crippen LogP contribution < -0.4 is 15.1 Å². The van der Waals surface area contributed by atoms with E-state index in [-0.39, 0.29) is 23.3 Å². The zero-order valence-electron chi connectivity index (χ0n) is 14.1. The zero-order chi connectivity index (χ0) is 16.9. The molecule has 1 N–H and O–H groups in total. The predicted octanol–water partition coefficient (Wildman–Crippen LogP) is 2.52. The molecule has 3 rings (SSSR count). The minimum Gasteiger partial charge on any atom is -0.330 e. The van der Waals surface area contributed by atoms with Crippen molar-refractivity contribution >= 4 is 23.2 Å². The van der Waals surface area contributed by atoms with Crippen LogP contribution in [0.15, 0.2) is 30.6 Å². The molecule has 1 fully saturated rings. The van der Waals surface area contributed by atoms with E-state index in [1.165, 1.54) is 5.56 Å². The van der Waals surface area contributed by atoms with E-state index >= 15 is 0 Å². The second-order valence-electron chi connectivity index (χ2n) is 7.27. The summed E-state index contributed by atoms with van der Waals surface area (Å²) in [6.45, 7) is 10.7. The maximum atomic E-state index is 12.2. The van der Waals surface area contributed by atoms with Crippen LogP contribution in [-0.4, -0.2) is 24.9 Å². The minimum absolute atomic E-state index is 0.0548. The molecule has 5 nitrogen and oxygen atoms in total. The molecule has 0 bridgehead atoms. The van der Waals surface area contributed by atoms with Gasteiger partial charge in [-0.05, 0) is 29.5 Å². The maximum Gasteiger partial charge on any atom is 0.249 e. The first-order valence-electron chi connectivity index (χ1n) is 7.90. The lowest BCUT2D eigenvalue weighted by atomic mass is 9.86. The minimum atomic E-state index is -0.385. The monoisotopic (exact) mass is 313 g/mol. The van der Waals surface area contributed by atoms with Gasteiger partial charge in [0.2, 0.25) is 11.8 Å². The summed E-state index contributed by atoms with van der Waals surface area (Å²) in [6, 6.07) is 5.93. The van der Waals surface area contributed by atoms with Crippen molar-refractivity contribution in [2.24, 2.45) is 0 Å². The van der Waals surface area contributed by atoms with Crippen molar-refractivity contribution in [1.29, 1.82) is 0 Å². The highest BCUT2D eigenvalue weighted by Gasteiger charge is 2.39. The normalized spacial score (nSPS) is 21.6. The van der Waals surface area contributed by atoms with E-state index in [2.05, 4.69) is 44.8 Å². The van der Waals surface area contributed by atoms with E-state index in [1.807, 2.05) is 22.9 Å². The van der Waals surface area contributed by atoms with Gasteiger partial charge in [0.05, 0.1) is 11.4 Å². The van der Waals surface area contributed by atoms with Gasteiger partial charge in [-0.2, -0.15) is 0 Å². The maximum absolute atomic E-state index is 12.2. The van der Waals surface area contributed by atoms with Crippen LogP contribution in [0, 0.1) is 0 Å². The van der Waals surface area contributed by atoms with Gasteiger partial charge in [-0.25, -0.2) is 0 Å². The zero-order valence-corrected chi connectivity index (χ0v) is 14.1. The molecule has 2 aliphatic heterocycles. The van der Waals surface area contributed by atoms with Crippen molar-refractivity contribution in [2.45, 2.75) is 45.1 Å². The fraction of sp³-hybridized carbons (Fsp3) is 0.444. The van der Waals surface area contributed by atoms with Crippen LogP contribution in [0.25, 0.3) is 0 Å². The quantitative estimate of drug-likeness (QED) is 0.810. The predicted molar refractivity (Wildman–Crippen MR) is 91.3 cm³/mol. The summed E-state index contributed by atoms with van der Waals surface area (Å²) in [5.41, 5.74) is 3.31. The Kier molecular flexibility index (Phi) is 3.47. The van der Waals surface area contributed by atoms with Crippen LogP contribution >= 0.6 is 0 Å². The number of rotatable bonds is 1. The van der Waals surface area contributed by atoms with Gasteiger partial charge in [0.1, 0.15) is 11.9 Å². The third kappa shape index (κ3) is 2.50. The van der Waals surface area contributed by atoms with E-state index in [1.54, 1.807) is 0 Å². The molecule has 1 aromatic rings. The first-order chi connectivity index (χ1) is 10.7. The summed E-state index contributed by atoms with van der Waals surface area (Å²) < 4.78 is 0.